The highest BCUT2D eigenvalue weighted by Gasteiger charge is 2.31. The lowest BCUT2D eigenvalue weighted by Gasteiger charge is -2.14. The summed E-state index contributed by atoms with van der Waals surface area (Å²) in [6.45, 7) is 3.66. The molecule has 0 aliphatic rings. The van der Waals surface area contributed by atoms with Gasteiger partial charge in [0.2, 0.25) is 0 Å². The predicted octanol–water partition coefficient (Wildman–Crippen LogP) is 1.77. The fourth-order valence-corrected chi connectivity index (χ4v) is 1.61. The number of ether oxygens (including phenoxy) is 2. The van der Waals surface area contributed by atoms with Gasteiger partial charge in [-0.3, -0.25) is 9.59 Å². The van der Waals surface area contributed by atoms with Crippen molar-refractivity contribution in [2.45, 2.75) is 19.8 Å². The lowest BCUT2D eigenvalue weighted by atomic mass is 9.97. The van der Waals surface area contributed by atoms with E-state index in [9.17, 15) is 9.59 Å². The van der Waals surface area contributed by atoms with Gasteiger partial charge in [0.05, 0.1) is 24.8 Å². The fourth-order valence-electron chi connectivity index (χ4n) is 1.61. The number of hydrogen-bond acceptors (Lipinski definition) is 5. The molecule has 0 saturated carbocycles. The van der Waals surface area contributed by atoms with Crippen molar-refractivity contribution in [2.75, 3.05) is 13.2 Å². The van der Waals surface area contributed by atoms with E-state index in [1.165, 1.54) is 6.07 Å². The topological polar surface area (TPSA) is 76.4 Å². The molecule has 0 aromatic heterocycles. The van der Waals surface area contributed by atoms with Crippen molar-refractivity contribution in [1.82, 2.24) is 0 Å². The van der Waals surface area contributed by atoms with Crippen molar-refractivity contribution < 1.29 is 19.1 Å². The van der Waals surface area contributed by atoms with Gasteiger partial charge < -0.3 is 9.47 Å². The zero-order chi connectivity index (χ0) is 14.3. The Morgan fingerprint density at radius 1 is 1.21 bits per heavy atom. The minimum atomic E-state index is -1.15. The predicted molar refractivity (Wildman–Crippen MR) is 67.2 cm³/mol. The van der Waals surface area contributed by atoms with Gasteiger partial charge >= 0.3 is 11.9 Å². The molecule has 19 heavy (non-hydrogen) atoms. The molecule has 0 fully saturated rings. The highest BCUT2D eigenvalue weighted by atomic mass is 16.6. The Labute approximate surface area is 111 Å². The maximum absolute atomic E-state index is 11.9. The van der Waals surface area contributed by atoms with Crippen LogP contribution in [0.15, 0.2) is 24.3 Å². The molecule has 0 saturated heterocycles. The first-order valence-electron chi connectivity index (χ1n) is 5.97. The van der Waals surface area contributed by atoms with Crippen LogP contribution in [0.2, 0.25) is 0 Å². The third-order valence-electron chi connectivity index (χ3n) is 2.39. The third kappa shape index (κ3) is 3.81. The summed E-state index contributed by atoms with van der Waals surface area (Å²) in [5, 5.41) is 8.85. The van der Waals surface area contributed by atoms with Gasteiger partial charge in [0.1, 0.15) is 0 Å². The van der Waals surface area contributed by atoms with Gasteiger partial charge in [-0.05, 0) is 31.5 Å². The molecule has 0 spiro atoms. The first-order chi connectivity index (χ1) is 9.13. The number of nitriles is 1. The molecule has 0 amide bonds. The first kappa shape index (κ1) is 14.7. The van der Waals surface area contributed by atoms with Crippen molar-refractivity contribution in [3.63, 3.8) is 0 Å². The van der Waals surface area contributed by atoms with Gasteiger partial charge in [-0.25, -0.2) is 0 Å². The van der Waals surface area contributed by atoms with Gasteiger partial charge in [0, 0.05) is 0 Å². The number of esters is 2. The van der Waals surface area contributed by atoms with Gasteiger partial charge in [0.15, 0.2) is 5.92 Å². The van der Waals surface area contributed by atoms with Crippen LogP contribution in [0.5, 0.6) is 0 Å². The van der Waals surface area contributed by atoms with Crippen LogP contribution < -0.4 is 0 Å². The molecule has 1 rings (SSSR count). The largest absolute Gasteiger partial charge is 0.465 e. The van der Waals surface area contributed by atoms with Gasteiger partial charge in [-0.15, -0.1) is 0 Å². The molecule has 1 aromatic rings. The number of hydrogen-bond donors (Lipinski definition) is 0. The van der Waals surface area contributed by atoms with E-state index in [0.29, 0.717) is 11.1 Å². The lowest BCUT2D eigenvalue weighted by Crippen LogP contribution is -2.26. The molecule has 100 valence electrons. The molecule has 1 aromatic carbocycles. The van der Waals surface area contributed by atoms with E-state index >= 15 is 0 Å². The van der Waals surface area contributed by atoms with Crippen LogP contribution in [-0.4, -0.2) is 25.2 Å². The molecule has 0 radical (unpaired) electrons. The third-order valence-corrected chi connectivity index (χ3v) is 2.39. The Hall–Kier alpha value is -2.35. The average Bonchev–Trinajstić information content (AvgIpc) is 2.40. The summed E-state index contributed by atoms with van der Waals surface area (Å²) in [4.78, 5) is 23.7. The number of rotatable bonds is 5. The van der Waals surface area contributed by atoms with Crippen molar-refractivity contribution in [3.8, 4) is 6.07 Å². The minimum absolute atomic E-state index is 0.173. The monoisotopic (exact) mass is 261 g/mol. The molecule has 0 bridgehead atoms. The molecular weight excluding hydrogens is 246 g/mol. The fraction of sp³-hybridized carbons (Fsp3) is 0.357. The summed E-state index contributed by atoms with van der Waals surface area (Å²) in [7, 11) is 0. The highest BCUT2D eigenvalue weighted by Crippen LogP contribution is 2.20. The van der Waals surface area contributed by atoms with Gasteiger partial charge in [-0.2, -0.15) is 5.26 Å². The minimum Gasteiger partial charge on any atom is -0.465 e. The van der Waals surface area contributed by atoms with E-state index in [1.807, 2.05) is 6.07 Å². The molecule has 5 nitrogen and oxygen atoms in total. The molecule has 0 heterocycles. The van der Waals surface area contributed by atoms with Crippen molar-refractivity contribution >= 4 is 11.9 Å². The zero-order valence-electron chi connectivity index (χ0n) is 10.9. The number of carbonyl (C=O) groups is 2. The average molecular weight is 261 g/mol. The molecule has 0 aliphatic heterocycles. The van der Waals surface area contributed by atoms with Gasteiger partial charge in [-0.1, -0.05) is 12.1 Å². The zero-order valence-corrected chi connectivity index (χ0v) is 10.9. The Balaban J connectivity index is 3.11. The summed E-state index contributed by atoms with van der Waals surface area (Å²) >= 11 is 0. The molecule has 5 heteroatoms. The SMILES string of the molecule is CCOC(=O)C(C(=O)OCC)c1cccc(C#N)c1. The van der Waals surface area contributed by atoms with E-state index in [4.69, 9.17) is 14.7 Å². The van der Waals surface area contributed by atoms with Crippen molar-refractivity contribution in [3.05, 3.63) is 35.4 Å². The van der Waals surface area contributed by atoms with Crippen LogP contribution in [0.1, 0.15) is 30.9 Å². The normalized spacial score (nSPS) is 9.79. The van der Waals surface area contributed by atoms with E-state index < -0.39 is 17.9 Å². The summed E-state index contributed by atoms with van der Waals surface area (Å²) in [5.74, 6) is -2.49. The lowest BCUT2D eigenvalue weighted by molar-refractivity contribution is -0.156. The Kier molecular flexibility index (Phi) is 5.55. The quantitative estimate of drug-likeness (QED) is 0.596. The van der Waals surface area contributed by atoms with Crippen molar-refractivity contribution in [1.29, 1.82) is 5.26 Å². The Bertz CT molecular complexity index is 486. The number of carbonyl (C=O) groups excluding carboxylic acids is 2. The summed E-state index contributed by atoms with van der Waals surface area (Å²) in [5.41, 5.74) is 0.770. The van der Waals surface area contributed by atoms with Crippen LogP contribution in [0.4, 0.5) is 0 Å². The smallest absolute Gasteiger partial charge is 0.324 e. The van der Waals surface area contributed by atoms with E-state index in [2.05, 4.69) is 0 Å². The van der Waals surface area contributed by atoms with Crippen LogP contribution in [0.3, 0.4) is 0 Å². The molecule has 0 unspecified atom stereocenters. The molecule has 0 N–H and O–H groups in total. The van der Waals surface area contributed by atoms with E-state index in [0.717, 1.165) is 0 Å². The standard InChI is InChI=1S/C14H15NO4/c1-3-18-13(16)12(14(17)19-4-2)11-7-5-6-10(8-11)9-15/h5-8,12H,3-4H2,1-2H3. The number of nitrogens with zero attached hydrogens (tertiary/aromatic N) is 1. The van der Waals surface area contributed by atoms with Crippen molar-refractivity contribution in [2.24, 2.45) is 0 Å². The molecule has 0 atom stereocenters. The summed E-state index contributed by atoms with van der Waals surface area (Å²) < 4.78 is 9.75. The van der Waals surface area contributed by atoms with E-state index in [1.54, 1.807) is 32.0 Å². The molecular formula is C14H15NO4. The Morgan fingerprint density at radius 2 is 1.79 bits per heavy atom. The first-order valence-corrected chi connectivity index (χ1v) is 5.97. The highest BCUT2D eigenvalue weighted by molar-refractivity contribution is 6.00. The van der Waals surface area contributed by atoms with Crippen LogP contribution in [-0.2, 0) is 19.1 Å². The second kappa shape index (κ2) is 7.17. The van der Waals surface area contributed by atoms with E-state index in [-0.39, 0.29) is 13.2 Å². The van der Waals surface area contributed by atoms with Crippen LogP contribution >= 0.6 is 0 Å². The summed E-state index contributed by atoms with van der Waals surface area (Å²) in [6.07, 6.45) is 0. The maximum Gasteiger partial charge on any atom is 0.324 e. The maximum atomic E-state index is 11.9. The number of benzene rings is 1. The molecule has 0 aliphatic carbocycles. The second-order valence-corrected chi connectivity index (χ2v) is 3.67. The van der Waals surface area contributed by atoms with Crippen LogP contribution in [0.25, 0.3) is 0 Å². The Morgan fingerprint density at radius 3 is 2.26 bits per heavy atom. The van der Waals surface area contributed by atoms with Gasteiger partial charge in [0.25, 0.3) is 0 Å². The summed E-state index contributed by atoms with van der Waals surface area (Å²) in [6, 6.07) is 8.25. The second-order valence-electron chi connectivity index (χ2n) is 3.67. The van der Waals surface area contributed by atoms with Crippen LogP contribution in [0, 0.1) is 11.3 Å².